The lowest BCUT2D eigenvalue weighted by Gasteiger charge is -2.15. The molecule has 2 aromatic rings. The molecule has 0 aliphatic rings. The summed E-state index contributed by atoms with van der Waals surface area (Å²) in [4.78, 5) is 19.6. The number of rotatable bonds is 5. The topological polar surface area (TPSA) is 71.8 Å². The maximum atomic E-state index is 11.7. The van der Waals surface area contributed by atoms with Gasteiger partial charge in [-0.1, -0.05) is 6.07 Å². The number of pyridine rings is 1. The van der Waals surface area contributed by atoms with Gasteiger partial charge < -0.3 is 15.2 Å². The van der Waals surface area contributed by atoms with Crippen molar-refractivity contribution in [3.05, 3.63) is 48.8 Å². The third-order valence-electron chi connectivity index (χ3n) is 2.60. The molecule has 0 saturated heterocycles. The van der Waals surface area contributed by atoms with E-state index in [0.29, 0.717) is 13.1 Å². The van der Waals surface area contributed by atoms with Crippen LogP contribution in [0.25, 0.3) is 0 Å². The Balaban J connectivity index is 1.72. The number of urea groups is 1. The van der Waals surface area contributed by atoms with Crippen LogP contribution in [0.15, 0.2) is 43.2 Å². The van der Waals surface area contributed by atoms with E-state index >= 15 is 0 Å². The maximum Gasteiger partial charge on any atom is 0.315 e. The Morgan fingerprint density at radius 1 is 1.42 bits per heavy atom. The standard InChI is InChI=1S/C13H17N5O/c1-11(9-18-6-5-15-10-18)17-13(19)16-8-12-3-2-4-14-7-12/h2-7,10-11H,8-9H2,1H3,(H2,16,17,19)/t11-/m1/s1. The van der Waals surface area contributed by atoms with Gasteiger partial charge in [0, 0.05) is 43.9 Å². The van der Waals surface area contributed by atoms with Gasteiger partial charge >= 0.3 is 6.03 Å². The first kappa shape index (κ1) is 13.1. The van der Waals surface area contributed by atoms with Gasteiger partial charge in [-0.3, -0.25) is 4.98 Å². The van der Waals surface area contributed by atoms with Crippen LogP contribution in [0.2, 0.25) is 0 Å². The zero-order valence-corrected chi connectivity index (χ0v) is 10.8. The molecule has 2 aromatic heterocycles. The van der Waals surface area contributed by atoms with Crippen LogP contribution in [0.5, 0.6) is 0 Å². The quantitative estimate of drug-likeness (QED) is 0.846. The number of carbonyl (C=O) groups excluding carboxylic acids is 1. The summed E-state index contributed by atoms with van der Waals surface area (Å²) in [6.07, 6.45) is 8.75. The predicted octanol–water partition coefficient (Wildman–Crippen LogP) is 1.17. The Morgan fingerprint density at radius 3 is 3.00 bits per heavy atom. The fourth-order valence-electron chi connectivity index (χ4n) is 1.72. The minimum absolute atomic E-state index is 0.0306. The summed E-state index contributed by atoms with van der Waals surface area (Å²) in [5.41, 5.74) is 0.972. The third kappa shape index (κ3) is 4.42. The smallest absolute Gasteiger partial charge is 0.315 e. The first-order chi connectivity index (χ1) is 9.24. The van der Waals surface area contributed by atoms with E-state index in [1.807, 2.05) is 29.8 Å². The summed E-state index contributed by atoms with van der Waals surface area (Å²) >= 11 is 0. The molecule has 2 heterocycles. The van der Waals surface area contributed by atoms with Crippen molar-refractivity contribution < 1.29 is 4.79 Å². The van der Waals surface area contributed by atoms with Gasteiger partial charge in [-0.25, -0.2) is 9.78 Å². The molecule has 6 heteroatoms. The van der Waals surface area contributed by atoms with Crippen LogP contribution in [-0.2, 0) is 13.1 Å². The Labute approximate surface area is 111 Å². The minimum Gasteiger partial charge on any atom is -0.335 e. The number of hydrogen-bond donors (Lipinski definition) is 2. The monoisotopic (exact) mass is 259 g/mol. The van der Waals surface area contributed by atoms with E-state index < -0.39 is 0 Å². The van der Waals surface area contributed by atoms with Crippen LogP contribution in [0, 0.1) is 0 Å². The fraction of sp³-hybridized carbons (Fsp3) is 0.308. The number of imidazole rings is 1. The van der Waals surface area contributed by atoms with Crippen LogP contribution < -0.4 is 10.6 Å². The van der Waals surface area contributed by atoms with E-state index in [-0.39, 0.29) is 12.1 Å². The molecule has 2 N–H and O–H groups in total. The average molecular weight is 259 g/mol. The Hall–Kier alpha value is -2.37. The van der Waals surface area contributed by atoms with Crippen molar-refractivity contribution in [2.45, 2.75) is 26.1 Å². The minimum atomic E-state index is -0.184. The molecule has 0 aliphatic carbocycles. The van der Waals surface area contributed by atoms with Crippen LogP contribution >= 0.6 is 0 Å². The first-order valence-corrected chi connectivity index (χ1v) is 6.13. The summed E-state index contributed by atoms with van der Waals surface area (Å²) in [5, 5.41) is 5.66. The average Bonchev–Trinajstić information content (AvgIpc) is 2.90. The Bertz CT molecular complexity index is 497. The van der Waals surface area contributed by atoms with Crippen molar-refractivity contribution in [3.8, 4) is 0 Å². The van der Waals surface area contributed by atoms with Crippen LogP contribution in [0.4, 0.5) is 4.79 Å². The number of hydrogen-bond acceptors (Lipinski definition) is 3. The van der Waals surface area contributed by atoms with Gasteiger partial charge in [-0.2, -0.15) is 0 Å². The van der Waals surface area contributed by atoms with Crippen molar-refractivity contribution >= 4 is 6.03 Å². The van der Waals surface area contributed by atoms with E-state index in [4.69, 9.17) is 0 Å². The normalized spacial score (nSPS) is 11.8. The van der Waals surface area contributed by atoms with Gasteiger partial charge in [0.25, 0.3) is 0 Å². The number of aromatic nitrogens is 3. The van der Waals surface area contributed by atoms with Gasteiger partial charge in [0.05, 0.1) is 6.33 Å². The number of nitrogens with zero attached hydrogens (tertiary/aromatic N) is 3. The van der Waals surface area contributed by atoms with Crippen molar-refractivity contribution in [2.75, 3.05) is 0 Å². The third-order valence-corrected chi connectivity index (χ3v) is 2.60. The van der Waals surface area contributed by atoms with Crippen molar-refractivity contribution in [2.24, 2.45) is 0 Å². The first-order valence-electron chi connectivity index (χ1n) is 6.13. The molecule has 2 rings (SSSR count). The van der Waals surface area contributed by atoms with Crippen molar-refractivity contribution in [1.29, 1.82) is 0 Å². The predicted molar refractivity (Wildman–Crippen MR) is 71.3 cm³/mol. The Kier molecular flexibility index (Phi) is 4.49. The molecule has 0 bridgehead atoms. The molecule has 0 fully saturated rings. The van der Waals surface area contributed by atoms with E-state index in [1.54, 1.807) is 24.9 Å². The molecule has 0 saturated carbocycles. The molecule has 0 unspecified atom stereocenters. The summed E-state index contributed by atoms with van der Waals surface area (Å²) < 4.78 is 1.92. The van der Waals surface area contributed by atoms with Gasteiger partial charge in [-0.15, -0.1) is 0 Å². The SMILES string of the molecule is C[C@H](Cn1ccnc1)NC(=O)NCc1cccnc1. The summed E-state index contributed by atoms with van der Waals surface area (Å²) in [5.74, 6) is 0. The molecular formula is C13H17N5O. The second kappa shape index (κ2) is 6.53. The van der Waals surface area contributed by atoms with Crippen molar-refractivity contribution in [1.82, 2.24) is 25.2 Å². The molecule has 100 valence electrons. The van der Waals surface area contributed by atoms with E-state index in [1.165, 1.54) is 0 Å². The van der Waals surface area contributed by atoms with Crippen LogP contribution in [0.1, 0.15) is 12.5 Å². The molecule has 0 spiro atoms. The van der Waals surface area contributed by atoms with Gasteiger partial charge in [-0.05, 0) is 18.6 Å². The second-order valence-corrected chi connectivity index (χ2v) is 4.35. The molecule has 0 radical (unpaired) electrons. The fourth-order valence-corrected chi connectivity index (χ4v) is 1.72. The summed E-state index contributed by atoms with van der Waals surface area (Å²) in [7, 11) is 0. The highest BCUT2D eigenvalue weighted by Crippen LogP contribution is 1.95. The van der Waals surface area contributed by atoms with E-state index in [0.717, 1.165) is 5.56 Å². The Morgan fingerprint density at radius 2 is 2.32 bits per heavy atom. The van der Waals surface area contributed by atoms with E-state index in [9.17, 15) is 4.79 Å². The highest BCUT2D eigenvalue weighted by atomic mass is 16.2. The molecule has 0 aliphatic heterocycles. The maximum absolute atomic E-state index is 11.7. The molecule has 0 aromatic carbocycles. The van der Waals surface area contributed by atoms with Gasteiger partial charge in [0.2, 0.25) is 0 Å². The lowest BCUT2D eigenvalue weighted by molar-refractivity contribution is 0.236. The van der Waals surface area contributed by atoms with Gasteiger partial charge in [0.1, 0.15) is 0 Å². The molecule has 19 heavy (non-hydrogen) atoms. The number of amides is 2. The summed E-state index contributed by atoms with van der Waals surface area (Å²) in [6.45, 7) is 3.11. The number of nitrogens with one attached hydrogen (secondary N) is 2. The van der Waals surface area contributed by atoms with Gasteiger partial charge in [0.15, 0.2) is 0 Å². The zero-order valence-electron chi connectivity index (χ0n) is 10.8. The van der Waals surface area contributed by atoms with Crippen LogP contribution in [0.3, 0.4) is 0 Å². The van der Waals surface area contributed by atoms with E-state index in [2.05, 4.69) is 20.6 Å². The zero-order chi connectivity index (χ0) is 13.5. The highest BCUT2D eigenvalue weighted by molar-refractivity contribution is 5.74. The summed E-state index contributed by atoms with van der Waals surface area (Å²) in [6, 6.07) is 3.61. The largest absolute Gasteiger partial charge is 0.335 e. The molecule has 1 atom stereocenters. The molecule has 2 amide bonds. The molecule has 6 nitrogen and oxygen atoms in total. The lowest BCUT2D eigenvalue weighted by atomic mass is 10.3. The van der Waals surface area contributed by atoms with Crippen LogP contribution in [-0.4, -0.2) is 26.6 Å². The van der Waals surface area contributed by atoms with Crippen molar-refractivity contribution in [3.63, 3.8) is 0 Å². The highest BCUT2D eigenvalue weighted by Gasteiger charge is 2.07. The number of carbonyl (C=O) groups is 1. The molecular weight excluding hydrogens is 242 g/mol. The second-order valence-electron chi connectivity index (χ2n) is 4.35. The lowest BCUT2D eigenvalue weighted by Crippen LogP contribution is -2.42.